The Kier molecular flexibility index (Phi) is 5.26. The van der Waals surface area contributed by atoms with E-state index in [9.17, 15) is 4.79 Å². The predicted molar refractivity (Wildman–Crippen MR) is 117 cm³/mol. The Morgan fingerprint density at radius 2 is 2.00 bits per heavy atom. The maximum atomic E-state index is 12.9. The number of nitrogens with zero attached hydrogens (tertiary/aromatic N) is 7. The molecule has 0 radical (unpaired) electrons. The smallest absolute Gasteiger partial charge is 0.269 e. The van der Waals surface area contributed by atoms with Crippen molar-refractivity contribution in [3.63, 3.8) is 0 Å². The molecule has 3 aromatic rings. The highest BCUT2D eigenvalue weighted by molar-refractivity contribution is 5.43. The normalized spacial score (nSPS) is 21.4. The molecule has 0 spiro atoms. The molecular weight excluding hydrogens is 378 g/mol. The van der Waals surface area contributed by atoms with Crippen LogP contribution >= 0.6 is 0 Å². The van der Waals surface area contributed by atoms with Crippen molar-refractivity contribution in [2.24, 2.45) is 0 Å². The topological polar surface area (TPSA) is 61.9 Å². The first-order valence-corrected chi connectivity index (χ1v) is 10.8. The lowest BCUT2D eigenvalue weighted by Gasteiger charge is -2.35. The predicted octanol–water partition coefficient (Wildman–Crippen LogP) is 1.48. The number of rotatable bonds is 4. The zero-order valence-electron chi connectivity index (χ0n) is 17.5. The summed E-state index contributed by atoms with van der Waals surface area (Å²) in [5.74, 6) is 0. The number of anilines is 1. The lowest BCUT2D eigenvalue weighted by Crippen LogP contribution is -2.45. The van der Waals surface area contributed by atoms with Crippen LogP contribution in [-0.2, 0) is 6.54 Å². The van der Waals surface area contributed by atoms with E-state index < -0.39 is 0 Å². The average Bonchev–Trinajstić information content (AvgIpc) is 3.24. The lowest BCUT2D eigenvalue weighted by molar-refractivity contribution is 0.158. The summed E-state index contributed by atoms with van der Waals surface area (Å²) in [5.41, 5.74) is 3.15. The van der Waals surface area contributed by atoms with E-state index in [2.05, 4.69) is 48.4 Å². The van der Waals surface area contributed by atoms with E-state index in [4.69, 9.17) is 0 Å². The first-order valence-electron chi connectivity index (χ1n) is 10.8. The van der Waals surface area contributed by atoms with E-state index in [1.807, 2.05) is 24.7 Å². The van der Waals surface area contributed by atoms with Crippen LogP contribution in [0.25, 0.3) is 5.65 Å². The van der Waals surface area contributed by atoms with Gasteiger partial charge in [-0.25, -0.2) is 9.67 Å². The van der Waals surface area contributed by atoms with Gasteiger partial charge in [-0.15, -0.1) is 0 Å². The number of hydrogen-bond acceptors (Lipinski definition) is 6. The molecule has 2 aliphatic rings. The maximum absolute atomic E-state index is 12.9. The van der Waals surface area contributed by atoms with Crippen LogP contribution in [0.4, 0.5) is 5.69 Å². The number of pyridine rings is 1. The van der Waals surface area contributed by atoms with Gasteiger partial charge < -0.3 is 14.2 Å². The van der Waals surface area contributed by atoms with E-state index in [-0.39, 0.29) is 11.6 Å². The van der Waals surface area contributed by atoms with Crippen LogP contribution in [0.1, 0.15) is 24.6 Å². The van der Waals surface area contributed by atoms with Crippen molar-refractivity contribution in [2.45, 2.75) is 25.4 Å². The fourth-order valence-corrected chi connectivity index (χ4v) is 4.66. The second-order valence-corrected chi connectivity index (χ2v) is 8.49. The van der Waals surface area contributed by atoms with Gasteiger partial charge in [-0.3, -0.25) is 9.69 Å². The number of hydrogen-bond donors (Lipinski definition) is 0. The minimum absolute atomic E-state index is 0.00925. The monoisotopic (exact) mass is 407 g/mol. The van der Waals surface area contributed by atoms with Crippen LogP contribution in [0, 0.1) is 0 Å². The van der Waals surface area contributed by atoms with Crippen molar-refractivity contribution < 1.29 is 0 Å². The molecule has 2 fully saturated rings. The van der Waals surface area contributed by atoms with Gasteiger partial charge >= 0.3 is 0 Å². The van der Waals surface area contributed by atoms with Crippen molar-refractivity contribution in [3.05, 3.63) is 58.9 Å². The number of imidazole rings is 1. The zero-order chi connectivity index (χ0) is 20.5. The number of likely N-dealkylation sites (N-methyl/N-ethyl adjacent to an activating group) is 1. The molecule has 3 aromatic heterocycles. The van der Waals surface area contributed by atoms with Gasteiger partial charge in [0.25, 0.3) is 5.56 Å². The lowest BCUT2D eigenvalue weighted by atomic mass is 10.1. The Labute approximate surface area is 176 Å². The zero-order valence-corrected chi connectivity index (χ0v) is 17.5. The minimum atomic E-state index is 0.00925. The summed E-state index contributed by atoms with van der Waals surface area (Å²) in [5, 5.41) is 4.59. The van der Waals surface area contributed by atoms with Crippen LogP contribution in [0.2, 0.25) is 0 Å². The molecule has 5 rings (SSSR count). The summed E-state index contributed by atoms with van der Waals surface area (Å²) >= 11 is 0. The third kappa shape index (κ3) is 3.85. The largest absolute Gasteiger partial charge is 0.368 e. The number of piperazine rings is 1. The molecule has 8 heteroatoms. The van der Waals surface area contributed by atoms with Gasteiger partial charge in [0, 0.05) is 63.4 Å². The summed E-state index contributed by atoms with van der Waals surface area (Å²) in [7, 11) is 2.13. The molecule has 5 heterocycles. The van der Waals surface area contributed by atoms with E-state index in [0.29, 0.717) is 0 Å². The molecule has 0 aromatic carbocycles. The maximum Gasteiger partial charge on any atom is 0.269 e. The molecule has 0 amide bonds. The fourth-order valence-electron chi connectivity index (χ4n) is 4.66. The molecular formula is C22H29N7O. The fraction of sp³-hybridized carbons (Fsp3) is 0.500. The highest BCUT2D eigenvalue weighted by atomic mass is 16.1. The molecule has 158 valence electrons. The Balaban J connectivity index is 1.30. The molecule has 0 N–H and O–H groups in total. The van der Waals surface area contributed by atoms with Gasteiger partial charge in [0.1, 0.15) is 5.65 Å². The molecule has 2 saturated heterocycles. The van der Waals surface area contributed by atoms with E-state index in [0.717, 1.165) is 70.0 Å². The summed E-state index contributed by atoms with van der Waals surface area (Å²) in [4.78, 5) is 24.3. The number of piperidine rings is 1. The second-order valence-electron chi connectivity index (χ2n) is 8.49. The summed E-state index contributed by atoms with van der Waals surface area (Å²) in [6, 6.07) is 8.11. The molecule has 0 aliphatic carbocycles. The Morgan fingerprint density at radius 3 is 2.83 bits per heavy atom. The Hall–Kier alpha value is -2.71. The standard InChI is InChI=1S/C22H29N7O/c1-25-10-12-27(13-11-25)20-14-22(30)29(24-15-20)19-5-3-8-26(17-19)16-18-4-2-6-21-23-7-9-28(18)21/h2,4,6-7,9,14-15,19H,3,5,8,10-13,16-17H2,1H3. The van der Waals surface area contributed by atoms with Gasteiger partial charge in [-0.2, -0.15) is 5.10 Å². The van der Waals surface area contributed by atoms with Crippen LogP contribution in [0.15, 0.2) is 47.7 Å². The summed E-state index contributed by atoms with van der Waals surface area (Å²) in [6.45, 7) is 6.64. The van der Waals surface area contributed by atoms with E-state index in [1.165, 1.54) is 5.69 Å². The van der Waals surface area contributed by atoms with Crippen molar-refractivity contribution in [2.75, 3.05) is 51.2 Å². The minimum Gasteiger partial charge on any atom is -0.368 e. The van der Waals surface area contributed by atoms with Gasteiger partial charge in [-0.05, 0) is 38.6 Å². The highest BCUT2D eigenvalue weighted by Gasteiger charge is 2.24. The first kappa shape index (κ1) is 19.3. The molecule has 1 unspecified atom stereocenters. The molecule has 0 saturated carbocycles. The van der Waals surface area contributed by atoms with Gasteiger partial charge in [0.15, 0.2) is 0 Å². The third-order valence-corrected chi connectivity index (χ3v) is 6.40. The van der Waals surface area contributed by atoms with E-state index >= 15 is 0 Å². The van der Waals surface area contributed by atoms with Crippen LogP contribution < -0.4 is 10.5 Å². The molecule has 8 nitrogen and oxygen atoms in total. The van der Waals surface area contributed by atoms with Gasteiger partial charge in [0.05, 0.1) is 17.9 Å². The number of likely N-dealkylation sites (tertiary alicyclic amines) is 1. The van der Waals surface area contributed by atoms with Crippen molar-refractivity contribution in [1.29, 1.82) is 0 Å². The molecule has 1 atom stereocenters. The van der Waals surface area contributed by atoms with Crippen molar-refractivity contribution >= 4 is 11.3 Å². The first-order chi connectivity index (χ1) is 14.7. The van der Waals surface area contributed by atoms with Crippen LogP contribution in [0.5, 0.6) is 0 Å². The Bertz CT molecular complexity index is 1070. The quantitative estimate of drug-likeness (QED) is 0.653. The summed E-state index contributed by atoms with van der Waals surface area (Å²) < 4.78 is 3.84. The van der Waals surface area contributed by atoms with Gasteiger partial charge in [-0.1, -0.05) is 6.07 Å². The van der Waals surface area contributed by atoms with Crippen molar-refractivity contribution in [1.82, 2.24) is 29.0 Å². The number of fused-ring (bicyclic) bond motifs is 1. The number of aromatic nitrogens is 4. The van der Waals surface area contributed by atoms with Crippen LogP contribution in [-0.4, -0.2) is 75.3 Å². The van der Waals surface area contributed by atoms with Crippen molar-refractivity contribution in [3.8, 4) is 0 Å². The molecule has 0 bridgehead atoms. The summed E-state index contributed by atoms with van der Waals surface area (Å²) in [6.07, 6.45) is 7.78. The second kappa shape index (κ2) is 8.20. The SMILES string of the molecule is CN1CCN(c2cnn(C3CCCN(Cc4cccc5nccn45)C3)c(=O)c2)CC1. The van der Waals surface area contributed by atoms with E-state index in [1.54, 1.807) is 10.7 Å². The van der Waals surface area contributed by atoms with Gasteiger partial charge in [0.2, 0.25) is 0 Å². The van der Waals surface area contributed by atoms with Crippen LogP contribution in [0.3, 0.4) is 0 Å². The Morgan fingerprint density at radius 1 is 1.13 bits per heavy atom. The third-order valence-electron chi connectivity index (χ3n) is 6.40. The highest BCUT2D eigenvalue weighted by Crippen LogP contribution is 2.22. The average molecular weight is 408 g/mol. The molecule has 2 aliphatic heterocycles. The molecule has 30 heavy (non-hydrogen) atoms.